The standard InChI is InChI=1S/C16H16ClNO2S.H2O4S/c1-20-16(19)15(12-4-2-3-5-13(12)17)18-8-6-14-11(10-18)7-9-21-14;1-4-5(2)3/h2-5,7,9,15H,6,8,10H2,1H3;1H,(H,2,3)/t15-;/m0./s1. The quantitative estimate of drug-likeness (QED) is 0.339. The van der Waals surface area contributed by atoms with Crippen LogP contribution < -0.4 is 0 Å². The van der Waals surface area contributed by atoms with Crippen LogP contribution in [0.5, 0.6) is 0 Å². The molecule has 2 N–H and O–H groups in total. The number of methoxy groups -OCH3 is 1. The van der Waals surface area contributed by atoms with Gasteiger partial charge in [0.15, 0.2) is 0 Å². The van der Waals surface area contributed by atoms with Crippen molar-refractivity contribution in [3.63, 3.8) is 0 Å². The van der Waals surface area contributed by atoms with Crippen molar-refractivity contribution in [2.24, 2.45) is 0 Å². The van der Waals surface area contributed by atoms with E-state index in [-0.39, 0.29) is 5.97 Å². The van der Waals surface area contributed by atoms with Gasteiger partial charge in [0, 0.05) is 23.0 Å². The van der Waals surface area contributed by atoms with Crippen LogP contribution in [0, 0.1) is 0 Å². The number of halogens is 1. The van der Waals surface area contributed by atoms with Gasteiger partial charge >= 0.3 is 17.3 Å². The monoisotopic (exact) mass is 419 g/mol. The number of fused-ring (bicyclic) bond motifs is 1. The average molecular weight is 420 g/mol. The minimum atomic E-state index is -2.52. The Morgan fingerprint density at radius 3 is 2.69 bits per heavy atom. The van der Waals surface area contributed by atoms with Crippen LogP contribution in [0.4, 0.5) is 0 Å². The Labute approximate surface area is 162 Å². The second-order valence-electron chi connectivity index (χ2n) is 5.33. The highest BCUT2D eigenvalue weighted by Gasteiger charge is 2.32. The van der Waals surface area contributed by atoms with Gasteiger partial charge in [0.25, 0.3) is 0 Å². The molecule has 26 heavy (non-hydrogen) atoms. The van der Waals surface area contributed by atoms with E-state index in [1.807, 2.05) is 24.3 Å². The van der Waals surface area contributed by atoms with Gasteiger partial charge in [0.2, 0.25) is 0 Å². The molecule has 3 rings (SSSR count). The van der Waals surface area contributed by atoms with E-state index in [1.165, 1.54) is 17.6 Å². The van der Waals surface area contributed by atoms with Crippen molar-refractivity contribution in [2.45, 2.75) is 19.0 Å². The van der Waals surface area contributed by atoms with Crippen molar-refractivity contribution in [3.8, 4) is 0 Å². The summed E-state index contributed by atoms with van der Waals surface area (Å²) in [6, 6.07) is 9.16. The van der Waals surface area contributed by atoms with Gasteiger partial charge in [-0.3, -0.25) is 9.45 Å². The Balaban J connectivity index is 0.000000431. The number of rotatable bonds is 4. The Morgan fingerprint density at radius 2 is 2.08 bits per heavy atom. The summed E-state index contributed by atoms with van der Waals surface area (Å²) in [6.45, 7) is 1.59. The van der Waals surface area contributed by atoms with Crippen LogP contribution in [0.2, 0.25) is 5.02 Å². The number of carbonyl (C=O) groups excluding carboxylic acids is 1. The van der Waals surface area contributed by atoms with Gasteiger partial charge < -0.3 is 4.74 Å². The topological polar surface area (TPSA) is 96.3 Å². The largest absolute Gasteiger partial charge is 0.468 e. The fourth-order valence-electron chi connectivity index (χ4n) is 2.77. The van der Waals surface area contributed by atoms with Gasteiger partial charge in [0.1, 0.15) is 6.04 Å². The molecule has 142 valence electrons. The van der Waals surface area contributed by atoms with Crippen molar-refractivity contribution >= 4 is 40.3 Å². The summed E-state index contributed by atoms with van der Waals surface area (Å²) in [4.78, 5) is 15.8. The lowest BCUT2D eigenvalue weighted by Crippen LogP contribution is -2.38. The zero-order chi connectivity index (χ0) is 19.1. The van der Waals surface area contributed by atoms with Crippen molar-refractivity contribution in [1.82, 2.24) is 4.90 Å². The second-order valence-corrected chi connectivity index (χ2v) is 7.32. The summed E-state index contributed by atoms with van der Waals surface area (Å²) >= 11 is 5.55. The van der Waals surface area contributed by atoms with E-state index >= 15 is 0 Å². The van der Waals surface area contributed by atoms with E-state index in [9.17, 15) is 4.79 Å². The maximum atomic E-state index is 12.3. The third-order valence-electron chi connectivity index (χ3n) is 3.89. The maximum Gasteiger partial charge on any atom is 0.330 e. The summed E-state index contributed by atoms with van der Waals surface area (Å²) in [5.74, 6) is -0.262. The molecule has 1 aromatic heterocycles. The van der Waals surface area contributed by atoms with E-state index in [4.69, 9.17) is 30.4 Å². The lowest BCUT2D eigenvalue weighted by Gasteiger charge is -2.33. The van der Waals surface area contributed by atoms with E-state index in [0.717, 1.165) is 25.1 Å². The maximum absolute atomic E-state index is 12.3. The number of hydrogen-bond donors (Lipinski definition) is 2. The third kappa shape index (κ3) is 5.34. The van der Waals surface area contributed by atoms with E-state index < -0.39 is 17.4 Å². The number of nitrogens with zero attached hydrogens (tertiary/aromatic N) is 1. The van der Waals surface area contributed by atoms with Crippen LogP contribution in [0.1, 0.15) is 22.0 Å². The zero-order valence-electron chi connectivity index (χ0n) is 13.8. The van der Waals surface area contributed by atoms with Gasteiger partial charge in [-0.15, -0.1) is 15.7 Å². The van der Waals surface area contributed by atoms with Crippen LogP contribution in [0.15, 0.2) is 35.7 Å². The summed E-state index contributed by atoms with van der Waals surface area (Å²) in [5, 5.41) is 9.80. The molecule has 0 saturated heterocycles. The van der Waals surface area contributed by atoms with Gasteiger partial charge in [-0.05, 0) is 35.1 Å². The molecule has 0 radical (unpaired) electrons. The summed E-state index contributed by atoms with van der Waals surface area (Å²) in [7, 11) is 1.42. The number of hydrogen-bond acceptors (Lipinski definition) is 7. The van der Waals surface area contributed by atoms with Gasteiger partial charge in [-0.25, -0.2) is 10.1 Å². The molecule has 0 fully saturated rings. The lowest BCUT2D eigenvalue weighted by atomic mass is 10.0. The predicted octanol–water partition coefficient (Wildman–Crippen LogP) is 3.29. The van der Waals surface area contributed by atoms with E-state index in [0.29, 0.717) is 5.02 Å². The number of esters is 1. The smallest absolute Gasteiger partial charge is 0.330 e. The lowest BCUT2D eigenvalue weighted by molar-refractivity contribution is -0.147. The van der Waals surface area contributed by atoms with Gasteiger partial charge in [-0.2, -0.15) is 4.21 Å². The summed E-state index contributed by atoms with van der Waals surface area (Å²) in [6.07, 6.45) is 0.963. The highest BCUT2D eigenvalue weighted by Crippen LogP contribution is 2.33. The first-order valence-electron chi connectivity index (χ1n) is 7.52. The second kappa shape index (κ2) is 10.1. The van der Waals surface area contributed by atoms with Crippen molar-refractivity contribution in [3.05, 3.63) is 56.7 Å². The highest BCUT2D eigenvalue weighted by atomic mass is 35.5. The molecule has 7 nitrogen and oxygen atoms in total. The van der Waals surface area contributed by atoms with Gasteiger partial charge in [-0.1, -0.05) is 29.8 Å². The Morgan fingerprint density at radius 1 is 1.38 bits per heavy atom. The molecule has 1 aliphatic rings. The first-order valence-corrected chi connectivity index (χ1v) is 9.81. The first kappa shape index (κ1) is 21.0. The van der Waals surface area contributed by atoms with E-state index in [2.05, 4.69) is 20.7 Å². The van der Waals surface area contributed by atoms with Crippen molar-refractivity contribution in [2.75, 3.05) is 13.7 Å². The molecule has 1 aromatic carbocycles. The van der Waals surface area contributed by atoms with Crippen LogP contribution in [-0.4, -0.2) is 38.5 Å². The summed E-state index contributed by atoms with van der Waals surface area (Å²) < 4.78 is 24.2. The first-order chi connectivity index (χ1) is 12.5. The molecule has 0 bridgehead atoms. The zero-order valence-corrected chi connectivity index (χ0v) is 16.2. The van der Waals surface area contributed by atoms with Crippen molar-refractivity contribution in [1.29, 1.82) is 0 Å². The average Bonchev–Trinajstić information content (AvgIpc) is 3.11. The minimum absolute atomic E-state index is 0.262. The predicted molar refractivity (Wildman–Crippen MR) is 99.1 cm³/mol. The van der Waals surface area contributed by atoms with Crippen LogP contribution in [0.25, 0.3) is 0 Å². The summed E-state index contributed by atoms with van der Waals surface area (Å²) in [5.41, 5.74) is 2.11. The van der Waals surface area contributed by atoms with E-state index in [1.54, 1.807) is 11.3 Å². The molecule has 2 atom stereocenters. The number of benzene rings is 1. The molecule has 1 aliphatic heterocycles. The number of thiophene rings is 1. The molecule has 1 unspecified atom stereocenters. The molecule has 0 aliphatic carbocycles. The van der Waals surface area contributed by atoms with Crippen LogP contribution in [0.3, 0.4) is 0 Å². The molecule has 0 amide bonds. The van der Waals surface area contributed by atoms with Gasteiger partial charge in [0.05, 0.1) is 7.11 Å². The molecule has 2 aromatic rings. The molecular formula is C16H18ClNO6S2. The van der Waals surface area contributed by atoms with Crippen LogP contribution >= 0.6 is 22.9 Å². The highest BCUT2D eigenvalue weighted by molar-refractivity contribution is 7.74. The molecule has 0 saturated carbocycles. The fraction of sp³-hybridized carbons (Fsp3) is 0.312. The van der Waals surface area contributed by atoms with Crippen molar-refractivity contribution < 1.29 is 27.9 Å². The Kier molecular flexibility index (Phi) is 8.16. The third-order valence-corrected chi connectivity index (χ3v) is 5.39. The number of carbonyl (C=O) groups is 1. The SMILES string of the molecule is COC(=O)[C@H](c1ccccc1Cl)N1CCc2sccc2C1.O=S(O)OO. The molecule has 2 heterocycles. The molecule has 0 spiro atoms. The molecular weight excluding hydrogens is 402 g/mol. The Bertz CT molecular complexity index is 769. The minimum Gasteiger partial charge on any atom is -0.468 e. The number of ether oxygens (including phenoxy) is 1. The fourth-order valence-corrected chi connectivity index (χ4v) is 3.90. The molecule has 10 heteroatoms. The van der Waals surface area contributed by atoms with Crippen LogP contribution in [-0.2, 0) is 38.2 Å². The normalized spacial score (nSPS) is 16.0. The Hall–Kier alpha value is -1.33.